The number of hydrogen-bond acceptors (Lipinski definition) is 3. The van der Waals surface area contributed by atoms with Crippen LogP contribution >= 0.6 is 0 Å². The van der Waals surface area contributed by atoms with E-state index in [2.05, 4.69) is 13.8 Å². The smallest absolute Gasteiger partial charge is 0.181 e. The second kappa shape index (κ2) is 5.19. The fourth-order valence-electron chi connectivity index (χ4n) is 1.67. The van der Waals surface area contributed by atoms with E-state index < -0.39 is 0 Å². The van der Waals surface area contributed by atoms with Gasteiger partial charge in [0, 0.05) is 6.42 Å². The molecule has 0 bridgehead atoms. The Morgan fingerprint density at radius 3 is 2.07 bits per heavy atom. The Morgan fingerprint density at radius 1 is 1.29 bits per heavy atom. The van der Waals surface area contributed by atoms with E-state index in [1.807, 2.05) is 6.92 Å². The zero-order valence-corrected chi connectivity index (χ0v) is 8.79. The summed E-state index contributed by atoms with van der Waals surface area (Å²) in [6.07, 6.45) is 3.55. The number of nitriles is 2. The van der Waals surface area contributed by atoms with E-state index in [0.29, 0.717) is 6.42 Å². The van der Waals surface area contributed by atoms with E-state index in [4.69, 9.17) is 10.5 Å². The highest BCUT2D eigenvalue weighted by molar-refractivity contribution is 5.91. The van der Waals surface area contributed by atoms with Gasteiger partial charge in [-0.3, -0.25) is 4.79 Å². The van der Waals surface area contributed by atoms with Crippen molar-refractivity contribution in [3.63, 3.8) is 0 Å². The lowest BCUT2D eigenvalue weighted by molar-refractivity contribution is -0.117. The van der Waals surface area contributed by atoms with E-state index in [1.54, 1.807) is 6.08 Å². The summed E-state index contributed by atoms with van der Waals surface area (Å²) in [5.41, 5.74) is 1.43. The number of nitrogens with zero attached hydrogens (tertiary/aromatic N) is 2. The van der Waals surface area contributed by atoms with Gasteiger partial charge in [-0.2, -0.15) is 10.5 Å². The lowest BCUT2D eigenvalue weighted by Gasteiger charge is -2.27. The van der Waals surface area contributed by atoms with E-state index in [9.17, 15) is 4.79 Å². The van der Waals surface area contributed by atoms with Gasteiger partial charge in [-0.25, -0.2) is 0 Å². The summed E-state index contributed by atoms with van der Waals surface area (Å²) in [7, 11) is 0. The molecule has 0 unspecified atom stereocenters. The first kappa shape index (κ1) is 12.4. The maximum Gasteiger partial charge on any atom is 0.181 e. The zero-order chi connectivity index (χ0) is 11.2. The normalized spacial score (nSPS) is 18.1. The van der Waals surface area contributed by atoms with Crippen molar-refractivity contribution >= 4 is 5.78 Å². The summed E-state index contributed by atoms with van der Waals surface area (Å²) < 4.78 is 0. The molecule has 0 aliphatic heterocycles. The predicted octanol–water partition coefficient (Wildman–Crippen LogP) is 2.36. The standard InChI is InChI=1S/C9H14O.C2N2/c1-7-4-8(10)6-9(2,3)5-7;3-1-2-4/h4H,5-6H2,1-3H3;. The van der Waals surface area contributed by atoms with Crippen LogP contribution in [0.5, 0.6) is 0 Å². The molecular formula is C11H14N2O. The molecule has 0 saturated carbocycles. The molecule has 1 aliphatic rings. The molecule has 0 radical (unpaired) electrons. The Bertz CT molecular complexity index is 314. The van der Waals surface area contributed by atoms with Gasteiger partial charge in [0.05, 0.1) is 0 Å². The molecule has 0 saturated heterocycles. The van der Waals surface area contributed by atoms with Gasteiger partial charge in [0.25, 0.3) is 0 Å². The minimum absolute atomic E-state index is 0.204. The first-order chi connectivity index (χ1) is 6.41. The van der Waals surface area contributed by atoms with Crippen molar-refractivity contribution in [2.24, 2.45) is 5.41 Å². The number of rotatable bonds is 0. The average Bonchev–Trinajstić information content (AvgIpc) is 2.00. The minimum atomic E-state index is 0.204. The second-order valence-corrected chi connectivity index (χ2v) is 4.20. The third-order valence-corrected chi connectivity index (χ3v) is 1.87. The maximum absolute atomic E-state index is 11.0. The molecule has 0 aromatic rings. The van der Waals surface area contributed by atoms with Crippen molar-refractivity contribution in [1.29, 1.82) is 10.5 Å². The Morgan fingerprint density at radius 2 is 1.79 bits per heavy atom. The van der Waals surface area contributed by atoms with Crippen LogP contribution in [-0.4, -0.2) is 5.78 Å². The maximum atomic E-state index is 11.0. The van der Waals surface area contributed by atoms with Crippen molar-refractivity contribution in [3.8, 4) is 12.1 Å². The quantitative estimate of drug-likeness (QED) is 0.589. The number of ketones is 1. The molecule has 0 heterocycles. The van der Waals surface area contributed by atoms with E-state index >= 15 is 0 Å². The van der Waals surface area contributed by atoms with Gasteiger partial charge < -0.3 is 0 Å². The molecule has 74 valence electrons. The molecule has 0 N–H and O–H groups in total. The van der Waals surface area contributed by atoms with E-state index in [0.717, 1.165) is 6.42 Å². The Hall–Kier alpha value is -1.61. The van der Waals surface area contributed by atoms with Crippen LogP contribution in [0.3, 0.4) is 0 Å². The first-order valence-electron chi connectivity index (χ1n) is 4.39. The van der Waals surface area contributed by atoms with E-state index in [1.165, 1.54) is 17.7 Å². The molecule has 0 atom stereocenters. The summed E-state index contributed by atoms with van der Waals surface area (Å²) in [6, 6.07) is 2.47. The summed E-state index contributed by atoms with van der Waals surface area (Å²) >= 11 is 0. The summed E-state index contributed by atoms with van der Waals surface area (Å²) in [4.78, 5) is 11.0. The number of carbonyl (C=O) groups excluding carboxylic acids is 1. The van der Waals surface area contributed by atoms with Crippen molar-refractivity contribution in [2.75, 3.05) is 0 Å². The Balaban J connectivity index is 0.000000364. The molecule has 3 nitrogen and oxygen atoms in total. The molecule has 14 heavy (non-hydrogen) atoms. The van der Waals surface area contributed by atoms with Crippen LogP contribution in [0.25, 0.3) is 0 Å². The molecular weight excluding hydrogens is 176 g/mol. The molecule has 0 fully saturated rings. The van der Waals surface area contributed by atoms with Crippen LogP contribution in [0.4, 0.5) is 0 Å². The number of allylic oxidation sites excluding steroid dienone is 2. The van der Waals surface area contributed by atoms with Crippen LogP contribution in [0.15, 0.2) is 11.6 Å². The van der Waals surface area contributed by atoms with Crippen LogP contribution in [0.2, 0.25) is 0 Å². The fraction of sp³-hybridized carbons (Fsp3) is 0.545. The average molecular weight is 190 g/mol. The first-order valence-corrected chi connectivity index (χ1v) is 4.39. The molecule has 0 aromatic carbocycles. The zero-order valence-electron chi connectivity index (χ0n) is 8.79. The highest BCUT2D eigenvalue weighted by Gasteiger charge is 2.25. The van der Waals surface area contributed by atoms with Crippen molar-refractivity contribution < 1.29 is 4.79 Å². The molecule has 1 aliphatic carbocycles. The summed E-state index contributed by atoms with van der Waals surface area (Å²) in [6.45, 7) is 6.31. The van der Waals surface area contributed by atoms with Gasteiger partial charge in [-0.15, -0.1) is 0 Å². The van der Waals surface area contributed by atoms with Gasteiger partial charge in [0.15, 0.2) is 17.9 Å². The van der Waals surface area contributed by atoms with Crippen molar-refractivity contribution in [2.45, 2.75) is 33.6 Å². The highest BCUT2D eigenvalue weighted by atomic mass is 16.1. The Kier molecular flexibility index (Phi) is 4.59. The minimum Gasteiger partial charge on any atom is -0.295 e. The largest absolute Gasteiger partial charge is 0.295 e. The SMILES string of the molecule is CC1=CC(=O)CC(C)(C)C1.N#CC#N. The highest BCUT2D eigenvalue weighted by Crippen LogP contribution is 2.32. The molecule has 3 heteroatoms. The third-order valence-electron chi connectivity index (χ3n) is 1.87. The van der Waals surface area contributed by atoms with E-state index in [-0.39, 0.29) is 11.2 Å². The Labute approximate surface area is 84.6 Å². The van der Waals surface area contributed by atoms with Gasteiger partial charge >= 0.3 is 0 Å². The fourth-order valence-corrected chi connectivity index (χ4v) is 1.67. The van der Waals surface area contributed by atoms with Gasteiger partial charge in [0.2, 0.25) is 0 Å². The van der Waals surface area contributed by atoms with Crippen molar-refractivity contribution in [3.05, 3.63) is 11.6 Å². The molecule has 0 spiro atoms. The lowest BCUT2D eigenvalue weighted by Crippen LogP contribution is -2.20. The summed E-state index contributed by atoms with van der Waals surface area (Å²) in [5.74, 6) is 0.286. The van der Waals surface area contributed by atoms with Crippen LogP contribution < -0.4 is 0 Å². The molecule has 0 amide bonds. The monoisotopic (exact) mass is 190 g/mol. The second-order valence-electron chi connectivity index (χ2n) is 4.20. The topological polar surface area (TPSA) is 64.7 Å². The number of carbonyl (C=O) groups is 1. The third kappa shape index (κ3) is 5.11. The summed E-state index contributed by atoms with van der Waals surface area (Å²) in [5, 5.41) is 14.5. The van der Waals surface area contributed by atoms with Crippen LogP contribution in [-0.2, 0) is 4.79 Å². The van der Waals surface area contributed by atoms with Gasteiger partial charge in [-0.1, -0.05) is 19.4 Å². The van der Waals surface area contributed by atoms with Gasteiger partial charge in [-0.05, 0) is 24.8 Å². The lowest BCUT2D eigenvalue weighted by atomic mass is 9.77. The van der Waals surface area contributed by atoms with Gasteiger partial charge in [0.1, 0.15) is 0 Å². The van der Waals surface area contributed by atoms with Crippen molar-refractivity contribution in [1.82, 2.24) is 0 Å². The van der Waals surface area contributed by atoms with Crippen LogP contribution in [0.1, 0.15) is 33.6 Å². The molecule has 1 rings (SSSR count). The van der Waals surface area contributed by atoms with Crippen LogP contribution in [0, 0.1) is 28.1 Å². The predicted molar refractivity (Wildman–Crippen MR) is 53.0 cm³/mol. The molecule has 0 aromatic heterocycles. The number of hydrogen-bond donors (Lipinski definition) is 0.